The topological polar surface area (TPSA) is 70.3 Å². The second kappa shape index (κ2) is 5.33. The van der Waals surface area contributed by atoms with E-state index in [4.69, 9.17) is 4.74 Å². The van der Waals surface area contributed by atoms with E-state index in [1.807, 2.05) is 6.07 Å². The van der Waals surface area contributed by atoms with Gasteiger partial charge in [0.15, 0.2) is 0 Å². The van der Waals surface area contributed by atoms with Crippen LogP contribution < -0.4 is 0 Å². The van der Waals surface area contributed by atoms with Gasteiger partial charge in [-0.1, -0.05) is 12.1 Å². The number of aromatic carboxylic acids is 1. The van der Waals surface area contributed by atoms with Gasteiger partial charge in [-0.3, -0.25) is 0 Å². The monoisotopic (exact) mass is 327 g/mol. The lowest BCUT2D eigenvalue weighted by atomic mass is 9.89. The molecular weight excluding hydrogens is 310 g/mol. The largest absolute Gasteiger partial charge is 0.477 e. The average Bonchev–Trinajstić information content (AvgIpc) is 3.28. The maximum atomic E-state index is 11.7. The molecule has 1 saturated heterocycles. The van der Waals surface area contributed by atoms with E-state index in [2.05, 4.69) is 18.2 Å². The summed E-state index contributed by atoms with van der Waals surface area (Å²) >= 11 is 1.31. The van der Waals surface area contributed by atoms with Gasteiger partial charge in [-0.2, -0.15) is 5.26 Å². The Labute approximate surface area is 138 Å². The summed E-state index contributed by atoms with van der Waals surface area (Å²) in [4.78, 5) is 12.0. The highest BCUT2D eigenvalue weighted by molar-refractivity contribution is 7.21. The fourth-order valence-electron chi connectivity index (χ4n) is 3.57. The summed E-state index contributed by atoms with van der Waals surface area (Å²) in [5, 5.41) is 20.0. The molecule has 1 aliphatic heterocycles. The first-order chi connectivity index (χ1) is 11.1. The molecular formula is C18H17NO3S. The van der Waals surface area contributed by atoms with Crippen molar-refractivity contribution in [3.05, 3.63) is 34.2 Å². The highest BCUT2D eigenvalue weighted by Gasteiger charge is 2.49. The summed E-state index contributed by atoms with van der Waals surface area (Å²) in [5.41, 5.74) is 1.42. The Bertz CT molecular complexity index is 823. The number of fused-ring (bicyclic) bond motifs is 1. The predicted octanol–water partition coefficient (Wildman–Crippen LogP) is 4.05. The Morgan fingerprint density at radius 3 is 2.70 bits per heavy atom. The van der Waals surface area contributed by atoms with E-state index in [0.717, 1.165) is 54.5 Å². The van der Waals surface area contributed by atoms with E-state index in [-0.39, 0.29) is 0 Å². The lowest BCUT2D eigenvalue weighted by Gasteiger charge is -2.22. The number of hydrogen-bond acceptors (Lipinski definition) is 4. The third-order valence-corrected chi connectivity index (χ3v) is 6.18. The van der Waals surface area contributed by atoms with E-state index < -0.39 is 11.4 Å². The van der Waals surface area contributed by atoms with Gasteiger partial charge in [0.05, 0.1) is 11.5 Å². The molecule has 4 nitrogen and oxygen atoms in total. The molecule has 0 bridgehead atoms. The van der Waals surface area contributed by atoms with E-state index in [9.17, 15) is 15.2 Å². The van der Waals surface area contributed by atoms with Crippen LogP contribution in [0.25, 0.3) is 10.1 Å². The van der Waals surface area contributed by atoms with Gasteiger partial charge in [-0.25, -0.2) is 4.79 Å². The molecule has 2 aromatic rings. The molecule has 1 aromatic carbocycles. The molecule has 23 heavy (non-hydrogen) atoms. The van der Waals surface area contributed by atoms with Crippen LogP contribution in [0.4, 0.5) is 0 Å². The fraction of sp³-hybridized carbons (Fsp3) is 0.444. The second-order valence-electron chi connectivity index (χ2n) is 6.45. The van der Waals surface area contributed by atoms with Crippen molar-refractivity contribution in [1.82, 2.24) is 0 Å². The van der Waals surface area contributed by atoms with Crippen molar-refractivity contribution >= 4 is 27.4 Å². The average molecular weight is 327 g/mol. The molecule has 2 aliphatic rings. The molecule has 2 fully saturated rings. The molecule has 118 valence electrons. The maximum Gasteiger partial charge on any atom is 0.346 e. The maximum absolute atomic E-state index is 11.7. The molecule has 1 aliphatic carbocycles. The van der Waals surface area contributed by atoms with Crippen LogP contribution in [0, 0.1) is 11.3 Å². The highest BCUT2D eigenvalue weighted by Crippen LogP contribution is 2.53. The van der Waals surface area contributed by atoms with Crippen LogP contribution in [-0.2, 0) is 10.2 Å². The molecule has 0 unspecified atom stereocenters. The third-order valence-electron chi connectivity index (χ3n) is 5.04. The number of thiophene rings is 1. The molecule has 1 aromatic heterocycles. The molecule has 0 spiro atoms. The van der Waals surface area contributed by atoms with Gasteiger partial charge < -0.3 is 9.84 Å². The predicted molar refractivity (Wildman–Crippen MR) is 88.1 cm³/mol. The molecule has 1 saturated carbocycles. The number of carboxylic acids is 1. The summed E-state index contributed by atoms with van der Waals surface area (Å²) in [6.45, 7) is 1.58. The Morgan fingerprint density at radius 1 is 1.35 bits per heavy atom. The van der Waals surface area contributed by atoms with Crippen LogP contribution in [-0.4, -0.2) is 24.3 Å². The van der Waals surface area contributed by atoms with Crippen molar-refractivity contribution in [1.29, 1.82) is 5.26 Å². The molecule has 4 rings (SSSR count). The second-order valence-corrected chi connectivity index (χ2v) is 7.50. The summed E-state index contributed by atoms with van der Waals surface area (Å²) < 4.78 is 6.41. The van der Waals surface area contributed by atoms with Crippen molar-refractivity contribution < 1.29 is 14.6 Å². The Kier molecular flexibility index (Phi) is 3.40. The SMILES string of the molecule is N#CC1(c2c(C(=O)O)sc3cc(C4CCOCC4)ccc23)CC1. The number of carboxylic acid groups (broad SMARTS) is 1. The molecule has 0 radical (unpaired) electrons. The van der Waals surface area contributed by atoms with Gasteiger partial charge in [0.2, 0.25) is 0 Å². The first-order valence-corrected chi connectivity index (χ1v) is 8.75. The van der Waals surface area contributed by atoms with Gasteiger partial charge in [0.25, 0.3) is 0 Å². The Balaban J connectivity index is 1.84. The van der Waals surface area contributed by atoms with Gasteiger partial charge in [0, 0.05) is 23.5 Å². The number of nitriles is 1. The van der Waals surface area contributed by atoms with Crippen molar-refractivity contribution in [2.24, 2.45) is 0 Å². The molecule has 0 amide bonds. The zero-order valence-electron chi connectivity index (χ0n) is 12.7. The van der Waals surface area contributed by atoms with Gasteiger partial charge >= 0.3 is 5.97 Å². The number of rotatable bonds is 3. The first-order valence-electron chi connectivity index (χ1n) is 7.94. The standard InChI is InChI=1S/C18H17NO3S/c19-10-18(5-6-18)15-13-2-1-12(11-3-7-22-8-4-11)9-14(13)23-16(15)17(20)21/h1-2,9,11H,3-8H2,(H,20,21). The molecule has 1 N–H and O–H groups in total. The van der Waals surface area contributed by atoms with Crippen LogP contribution in [0.5, 0.6) is 0 Å². The number of benzene rings is 1. The number of carbonyl (C=O) groups is 1. The summed E-state index contributed by atoms with van der Waals surface area (Å²) in [6, 6.07) is 8.60. The number of hydrogen-bond donors (Lipinski definition) is 1. The summed E-state index contributed by atoms with van der Waals surface area (Å²) in [6.07, 6.45) is 3.55. The zero-order valence-corrected chi connectivity index (χ0v) is 13.5. The Morgan fingerprint density at radius 2 is 2.09 bits per heavy atom. The van der Waals surface area contributed by atoms with Crippen LogP contribution in [0.2, 0.25) is 0 Å². The van der Waals surface area contributed by atoms with E-state index in [1.165, 1.54) is 16.9 Å². The number of nitrogens with zero attached hydrogens (tertiary/aromatic N) is 1. The van der Waals surface area contributed by atoms with Crippen LogP contribution in [0.1, 0.15) is 52.4 Å². The smallest absolute Gasteiger partial charge is 0.346 e. The fourth-order valence-corrected chi connectivity index (χ4v) is 4.76. The molecule has 5 heteroatoms. The highest BCUT2D eigenvalue weighted by atomic mass is 32.1. The van der Waals surface area contributed by atoms with Gasteiger partial charge in [0.1, 0.15) is 4.88 Å². The van der Waals surface area contributed by atoms with Crippen molar-refractivity contribution in [3.8, 4) is 6.07 Å². The lowest BCUT2D eigenvalue weighted by Crippen LogP contribution is -2.13. The van der Waals surface area contributed by atoms with Crippen LogP contribution in [0.3, 0.4) is 0 Å². The summed E-state index contributed by atoms with van der Waals surface area (Å²) in [5.74, 6) is -0.437. The van der Waals surface area contributed by atoms with Crippen molar-refractivity contribution in [3.63, 3.8) is 0 Å². The normalized spacial score (nSPS) is 20.3. The zero-order chi connectivity index (χ0) is 16.0. The minimum Gasteiger partial charge on any atom is -0.477 e. The number of ether oxygens (including phenoxy) is 1. The lowest BCUT2D eigenvalue weighted by molar-refractivity contribution is 0.0700. The molecule has 0 atom stereocenters. The minimum absolute atomic E-state index is 0.336. The van der Waals surface area contributed by atoms with Crippen LogP contribution in [0.15, 0.2) is 18.2 Å². The van der Waals surface area contributed by atoms with E-state index >= 15 is 0 Å². The molecule has 2 heterocycles. The van der Waals surface area contributed by atoms with E-state index in [0.29, 0.717) is 10.8 Å². The quantitative estimate of drug-likeness (QED) is 0.923. The van der Waals surface area contributed by atoms with Gasteiger partial charge in [-0.15, -0.1) is 11.3 Å². The third kappa shape index (κ3) is 2.34. The minimum atomic E-state index is -0.921. The first kappa shape index (κ1) is 14.7. The van der Waals surface area contributed by atoms with Crippen molar-refractivity contribution in [2.45, 2.75) is 37.0 Å². The van der Waals surface area contributed by atoms with Crippen molar-refractivity contribution in [2.75, 3.05) is 13.2 Å². The van der Waals surface area contributed by atoms with E-state index in [1.54, 1.807) is 0 Å². The van der Waals surface area contributed by atoms with Crippen LogP contribution >= 0.6 is 11.3 Å². The summed E-state index contributed by atoms with van der Waals surface area (Å²) in [7, 11) is 0. The van der Waals surface area contributed by atoms with Gasteiger partial charge in [-0.05, 0) is 48.6 Å². The Hall–Kier alpha value is -1.90.